The molecular weight excluding hydrogens is 560 g/mol. The van der Waals surface area contributed by atoms with Gasteiger partial charge in [0.05, 0.1) is 24.3 Å². The van der Waals surface area contributed by atoms with E-state index >= 15 is 0 Å². The van der Waals surface area contributed by atoms with Crippen LogP contribution in [0.25, 0.3) is 39.5 Å². The van der Waals surface area contributed by atoms with E-state index in [0.717, 1.165) is 78.4 Å². The Morgan fingerprint density at radius 3 is 2.44 bits per heavy atom. The van der Waals surface area contributed by atoms with Gasteiger partial charge in [0.15, 0.2) is 11.5 Å². The first-order chi connectivity index (χ1) is 21.8. The van der Waals surface area contributed by atoms with Crippen molar-refractivity contribution >= 4 is 23.0 Å². The summed E-state index contributed by atoms with van der Waals surface area (Å²) in [5.74, 6) is 2.23. The largest absolute Gasteiger partial charge is 0.469 e. The van der Waals surface area contributed by atoms with E-state index in [-0.39, 0.29) is 17.3 Å². The Labute approximate surface area is 264 Å². The predicted octanol–water partition coefficient (Wildman–Crippen LogP) is 6.75. The number of nitrogens with two attached hydrogens (primary N) is 1. The van der Waals surface area contributed by atoms with E-state index < -0.39 is 0 Å². The van der Waals surface area contributed by atoms with Crippen LogP contribution in [-0.2, 0) is 9.53 Å². The number of aromatic nitrogens is 4. The van der Waals surface area contributed by atoms with Gasteiger partial charge in [-0.25, -0.2) is 15.0 Å². The summed E-state index contributed by atoms with van der Waals surface area (Å²) in [4.78, 5) is 29.2. The van der Waals surface area contributed by atoms with Gasteiger partial charge >= 0.3 is 5.97 Å². The number of fused-ring (bicyclic) bond motifs is 1. The molecule has 45 heavy (non-hydrogen) atoms. The lowest BCUT2D eigenvalue weighted by molar-refractivity contribution is -0.152. The number of rotatable bonds is 7. The van der Waals surface area contributed by atoms with E-state index in [1.54, 1.807) is 6.20 Å². The lowest BCUT2D eigenvalue weighted by Crippen LogP contribution is -2.49. The maximum absolute atomic E-state index is 12.3. The van der Waals surface area contributed by atoms with E-state index in [0.29, 0.717) is 17.7 Å². The lowest BCUT2D eigenvalue weighted by Gasteiger charge is -2.46. The molecule has 5 aromatic rings. The highest BCUT2D eigenvalue weighted by Crippen LogP contribution is 2.45. The molecule has 2 fully saturated rings. The molecule has 0 spiro atoms. The normalized spacial score (nSPS) is 20.2. The van der Waals surface area contributed by atoms with Gasteiger partial charge in [0.25, 0.3) is 0 Å². The summed E-state index contributed by atoms with van der Waals surface area (Å²) in [6.07, 6.45) is 4.76. The Kier molecular flexibility index (Phi) is 7.61. The van der Waals surface area contributed by atoms with Gasteiger partial charge < -0.3 is 15.4 Å². The third-order valence-electron chi connectivity index (χ3n) is 9.86. The van der Waals surface area contributed by atoms with Crippen molar-refractivity contribution in [3.8, 4) is 28.3 Å². The minimum Gasteiger partial charge on any atom is -0.469 e. The summed E-state index contributed by atoms with van der Waals surface area (Å²) in [6.45, 7) is 7.65. The summed E-state index contributed by atoms with van der Waals surface area (Å²) >= 11 is 0. The van der Waals surface area contributed by atoms with Gasteiger partial charge in [0.1, 0.15) is 11.3 Å². The van der Waals surface area contributed by atoms with Crippen molar-refractivity contribution < 1.29 is 9.53 Å². The molecule has 0 bridgehead atoms. The first-order valence-corrected chi connectivity index (χ1v) is 15.9. The van der Waals surface area contributed by atoms with Crippen LogP contribution in [0.2, 0.25) is 0 Å². The van der Waals surface area contributed by atoms with Gasteiger partial charge in [-0.05, 0) is 72.6 Å². The molecule has 1 saturated heterocycles. The van der Waals surface area contributed by atoms with Crippen molar-refractivity contribution in [2.45, 2.75) is 39.0 Å². The third-order valence-corrected chi connectivity index (χ3v) is 9.86. The molecule has 1 aliphatic heterocycles. The number of carbonyl (C=O) groups excluding carboxylic acids is 1. The maximum Gasteiger partial charge on any atom is 0.309 e. The average Bonchev–Trinajstić information content (AvgIpc) is 3.41. The summed E-state index contributed by atoms with van der Waals surface area (Å²) in [5.41, 5.74) is 13.0. The highest BCUT2D eigenvalue weighted by Gasteiger charge is 2.42. The number of anilines is 1. The number of methoxy groups -OCH3 is 1. The first-order valence-electron chi connectivity index (χ1n) is 15.9. The second-order valence-corrected chi connectivity index (χ2v) is 13.3. The van der Waals surface area contributed by atoms with Crippen LogP contribution in [0.3, 0.4) is 0 Å². The van der Waals surface area contributed by atoms with Crippen LogP contribution in [0, 0.1) is 17.3 Å². The fourth-order valence-electron chi connectivity index (χ4n) is 7.47. The molecule has 230 valence electrons. The number of benzene rings is 2. The van der Waals surface area contributed by atoms with E-state index in [9.17, 15) is 4.79 Å². The van der Waals surface area contributed by atoms with Crippen molar-refractivity contribution in [2.75, 3.05) is 32.5 Å². The molecule has 1 aliphatic carbocycles. The smallest absolute Gasteiger partial charge is 0.309 e. The zero-order valence-electron chi connectivity index (χ0n) is 26.2. The molecule has 2 aliphatic rings. The molecule has 1 saturated carbocycles. The van der Waals surface area contributed by atoms with Crippen LogP contribution in [0.5, 0.6) is 0 Å². The van der Waals surface area contributed by atoms with E-state index in [1.165, 1.54) is 12.7 Å². The Morgan fingerprint density at radius 2 is 1.73 bits per heavy atom. The summed E-state index contributed by atoms with van der Waals surface area (Å²) < 4.78 is 7.18. The van der Waals surface area contributed by atoms with E-state index in [4.69, 9.17) is 20.4 Å². The molecule has 8 heteroatoms. The van der Waals surface area contributed by atoms with Crippen LogP contribution in [0.4, 0.5) is 5.82 Å². The van der Waals surface area contributed by atoms with Crippen LogP contribution in [-0.4, -0.2) is 57.1 Å². The monoisotopic (exact) mass is 600 g/mol. The summed E-state index contributed by atoms with van der Waals surface area (Å²) in [5, 5.41) is 0. The number of carbonyl (C=O) groups is 1. The van der Waals surface area contributed by atoms with E-state index in [1.807, 2.05) is 42.5 Å². The highest BCUT2D eigenvalue weighted by atomic mass is 16.5. The fraction of sp³-hybridized carbons (Fsp3) is 0.351. The quantitative estimate of drug-likeness (QED) is 0.206. The topological polar surface area (TPSA) is 99.2 Å². The summed E-state index contributed by atoms with van der Waals surface area (Å²) in [6, 6.07) is 26.9. The second kappa shape index (κ2) is 11.7. The molecule has 0 unspecified atom stereocenters. The van der Waals surface area contributed by atoms with Gasteiger partial charge in [-0.3, -0.25) is 9.36 Å². The Bertz CT molecular complexity index is 1830. The predicted molar refractivity (Wildman–Crippen MR) is 178 cm³/mol. The van der Waals surface area contributed by atoms with Crippen molar-refractivity contribution in [1.82, 2.24) is 24.4 Å². The van der Waals surface area contributed by atoms with Crippen LogP contribution >= 0.6 is 0 Å². The molecule has 2 atom stereocenters. The Hall–Kier alpha value is -4.56. The molecule has 8 nitrogen and oxygen atoms in total. The maximum atomic E-state index is 12.3. The second-order valence-electron chi connectivity index (χ2n) is 13.3. The molecular formula is C37H40N6O2. The Morgan fingerprint density at radius 1 is 0.956 bits per heavy atom. The highest BCUT2D eigenvalue weighted by molar-refractivity contribution is 5.84. The minimum atomic E-state index is -0.0574. The lowest BCUT2D eigenvalue weighted by atomic mass is 9.65. The molecule has 4 heterocycles. The zero-order valence-corrected chi connectivity index (χ0v) is 26.2. The molecule has 2 N–H and O–H groups in total. The van der Waals surface area contributed by atoms with Crippen molar-refractivity contribution in [3.05, 3.63) is 90.6 Å². The number of imidazole rings is 1. The standard InChI is InChI=1S/C37H40N6O2/c1-37(2)20-24(11-16-30(37)36(44)45-3)21-42-22-27(23-42)25-12-14-28(15-13-25)43-34(29-10-7-19-39-33(29)38)41-32-18-17-31(40-35(32)43)26-8-5-4-6-9-26/h4-10,12-15,17-19,24,27,30H,11,16,20-23H2,1-3H3,(H2,38,39)/t24-,30+/m1/s1. The van der Waals surface area contributed by atoms with Gasteiger partial charge in [0.2, 0.25) is 0 Å². The van der Waals surface area contributed by atoms with Gasteiger partial charge in [-0.1, -0.05) is 56.3 Å². The molecule has 7 rings (SSSR count). The fourth-order valence-corrected chi connectivity index (χ4v) is 7.47. The first kappa shape index (κ1) is 29.2. The van der Waals surface area contributed by atoms with Gasteiger partial charge in [-0.2, -0.15) is 0 Å². The number of nitrogen functional groups attached to an aromatic ring is 1. The number of nitrogens with zero attached hydrogens (tertiary/aromatic N) is 5. The van der Waals surface area contributed by atoms with Crippen molar-refractivity contribution in [1.29, 1.82) is 0 Å². The molecule has 3 aromatic heterocycles. The Balaban J connectivity index is 1.11. The number of hydrogen-bond donors (Lipinski definition) is 1. The van der Waals surface area contributed by atoms with Gasteiger partial charge in [-0.15, -0.1) is 0 Å². The number of hydrogen-bond acceptors (Lipinski definition) is 7. The molecule has 0 radical (unpaired) electrons. The average molecular weight is 601 g/mol. The zero-order chi connectivity index (χ0) is 31.1. The summed E-state index contributed by atoms with van der Waals surface area (Å²) in [7, 11) is 1.50. The number of likely N-dealkylation sites (tertiary alicyclic amines) is 1. The van der Waals surface area contributed by atoms with Gasteiger partial charge in [0, 0.05) is 43.0 Å². The molecule has 0 amide bonds. The number of pyridine rings is 2. The number of ether oxygens (including phenoxy) is 1. The molecule has 2 aromatic carbocycles. The third kappa shape index (κ3) is 5.59. The van der Waals surface area contributed by atoms with Crippen molar-refractivity contribution in [2.24, 2.45) is 17.3 Å². The van der Waals surface area contributed by atoms with E-state index in [2.05, 4.69) is 64.7 Å². The van der Waals surface area contributed by atoms with Crippen molar-refractivity contribution in [3.63, 3.8) is 0 Å². The minimum absolute atomic E-state index is 0.00394. The van der Waals surface area contributed by atoms with Crippen LogP contribution in [0.1, 0.15) is 44.6 Å². The SMILES string of the molecule is COC(=O)[C@@H]1CC[C@@H](CN2CC(c3ccc(-n4c(-c5cccnc5N)nc5ccc(-c6ccccc6)nc54)cc3)C2)CC1(C)C. The van der Waals surface area contributed by atoms with Crippen LogP contribution in [0.15, 0.2) is 85.1 Å². The number of esters is 1. The van der Waals surface area contributed by atoms with Crippen LogP contribution < -0.4 is 5.73 Å².